The van der Waals surface area contributed by atoms with Gasteiger partial charge in [-0.1, -0.05) is 20.8 Å². The predicted octanol–water partition coefficient (Wildman–Crippen LogP) is 2.30. The zero-order valence-corrected chi connectivity index (χ0v) is 13.9. The molecule has 0 unspecified atom stereocenters. The molecule has 0 spiro atoms. The molecule has 3 heterocycles. The summed E-state index contributed by atoms with van der Waals surface area (Å²) in [5, 5.41) is 6.74. The number of aromatic amines is 1. The Bertz CT molecular complexity index is 675. The topological polar surface area (TPSA) is 74.8 Å². The number of hydrogen-bond acceptors (Lipinski definition) is 4. The fourth-order valence-electron chi connectivity index (χ4n) is 2.99. The number of rotatable bonds is 3. The molecule has 0 bridgehead atoms. The number of carbonyl (C=O) groups is 1. The molecule has 0 aromatic carbocycles. The van der Waals surface area contributed by atoms with E-state index in [0.29, 0.717) is 5.92 Å². The fourth-order valence-corrected chi connectivity index (χ4v) is 2.99. The smallest absolute Gasteiger partial charge is 0.227 e. The molecular weight excluding hydrogens is 290 g/mol. The summed E-state index contributed by atoms with van der Waals surface area (Å²) in [5.74, 6) is 0.688. The Kier molecular flexibility index (Phi) is 4.15. The van der Waals surface area contributed by atoms with E-state index < -0.39 is 0 Å². The van der Waals surface area contributed by atoms with Crippen LogP contribution in [0, 0.1) is 11.3 Å². The van der Waals surface area contributed by atoms with Crippen molar-refractivity contribution in [3.63, 3.8) is 0 Å². The minimum atomic E-state index is -0.310. The Labute approximate surface area is 136 Å². The number of carbonyl (C=O) groups excluding carboxylic acids is 1. The Balaban J connectivity index is 1.65. The van der Waals surface area contributed by atoms with Crippen LogP contribution in [0.3, 0.4) is 0 Å². The lowest BCUT2D eigenvalue weighted by atomic mass is 9.95. The summed E-state index contributed by atoms with van der Waals surface area (Å²) in [6.45, 7) is 7.58. The molecule has 3 rings (SSSR count). The summed E-state index contributed by atoms with van der Waals surface area (Å²) in [7, 11) is 0. The van der Waals surface area contributed by atoms with E-state index in [0.717, 1.165) is 42.9 Å². The standard InChI is InChI=1S/C17H23N5O/c1-17(2,3)16(23)22-5-4-12(11-22)6-14-9-18-10-15(21-14)13-7-19-20-8-13/h7-10,12H,4-6,11H2,1-3H3,(H,19,20)/t12-/m0/s1. The Morgan fingerprint density at radius 2 is 2.17 bits per heavy atom. The SMILES string of the molecule is CC(C)(C)C(=O)N1CC[C@@H](Cc2cncc(-c3cn[nH]c3)n2)C1. The van der Waals surface area contributed by atoms with Crippen LogP contribution in [0.5, 0.6) is 0 Å². The Morgan fingerprint density at radius 3 is 2.87 bits per heavy atom. The van der Waals surface area contributed by atoms with Crippen LogP contribution in [0.1, 0.15) is 32.9 Å². The molecule has 6 heteroatoms. The lowest BCUT2D eigenvalue weighted by Crippen LogP contribution is -2.38. The van der Waals surface area contributed by atoms with E-state index in [2.05, 4.69) is 20.2 Å². The van der Waals surface area contributed by atoms with Crippen LogP contribution in [-0.4, -0.2) is 44.1 Å². The van der Waals surface area contributed by atoms with Crippen molar-refractivity contribution < 1.29 is 4.79 Å². The monoisotopic (exact) mass is 313 g/mol. The largest absolute Gasteiger partial charge is 0.342 e. The minimum Gasteiger partial charge on any atom is -0.342 e. The summed E-state index contributed by atoms with van der Waals surface area (Å²) < 4.78 is 0. The zero-order chi connectivity index (χ0) is 16.4. The van der Waals surface area contributed by atoms with Gasteiger partial charge in [-0.05, 0) is 18.8 Å². The van der Waals surface area contributed by atoms with E-state index in [1.807, 2.05) is 38.1 Å². The third-order valence-corrected chi connectivity index (χ3v) is 4.19. The van der Waals surface area contributed by atoms with Gasteiger partial charge >= 0.3 is 0 Å². The number of hydrogen-bond donors (Lipinski definition) is 1. The second-order valence-corrected chi connectivity index (χ2v) is 7.24. The van der Waals surface area contributed by atoms with Gasteiger partial charge in [0.15, 0.2) is 0 Å². The number of nitrogens with one attached hydrogen (secondary N) is 1. The van der Waals surface area contributed by atoms with Gasteiger partial charge in [0.05, 0.1) is 23.8 Å². The zero-order valence-electron chi connectivity index (χ0n) is 13.9. The van der Waals surface area contributed by atoms with E-state index in [1.165, 1.54) is 0 Å². The summed E-state index contributed by atoms with van der Waals surface area (Å²) in [4.78, 5) is 23.3. The van der Waals surface area contributed by atoms with Crippen molar-refractivity contribution in [2.75, 3.05) is 13.1 Å². The highest BCUT2D eigenvalue weighted by molar-refractivity contribution is 5.81. The normalized spacial score (nSPS) is 18.4. The second kappa shape index (κ2) is 6.10. The number of nitrogens with zero attached hydrogens (tertiary/aromatic N) is 4. The molecule has 1 saturated heterocycles. The van der Waals surface area contributed by atoms with Gasteiger partial charge < -0.3 is 4.90 Å². The quantitative estimate of drug-likeness (QED) is 0.943. The van der Waals surface area contributed by atoms with Gasteiger partial charge in [0.25, 0.3) is 0 Å². The first kappa shape index (κ1) is 15.6. The highest BCUT2D eigenvalue weighted by Gasteiger charge is 2.32. The molecule has 0 aliphatic carbocycles. The minimum absolute atomic E-state index is 0.234. The van der Waals surface area contributed by atoms with Crippen LogP contribution in [0.15, 0.2) is 24.8 Å². The van der Waals surface area contributed by atoms with Crippen molar-refractivity contribution in [2.24, 2.45) is 11.3 Å². The molecule has 0 saturated carbocycles. The third-order valence-electron chi connectivity index (χ3n) is 4.19. The predicted molar refractivity (Wildman–Crippen MR) is 87.5 cm³/mol. The molecule has 1 amide bonds. The van der Waals surface area contributed by atoms with Crippen molar-refractivity contribution in [1.29, 1.82) is 0 Å². The number of amides is 1. The molecule has 1 aliphatic heterocycles. The molecule has 122 valence electrons. The van der Waals surface area contributed by atoms with Crippen LogP contribution in [0.25, 0.3) is 11.3 Å². The van der Waals surface area contributed by atoms with Gasteiger partial charge in [-0.25, -0.2) is 4.98 Å². The van der Waals surface area contributed by atoms with E-state index in [1.54, 1.807) is 12.4 Å². The molecular formula is C17H23N5O. The first-order valence-corrected chi connectivity index (χ1v) is 8.03. The first-order chi connectivity index (χ1) is 10.9. The molecule has 1 atom stereocenters. The Hall–Kier alpha value is -2.24. The van der Waals surface area contributed by atoms with Gasteiger partial charge in [-0.3, -0.25) is 14.9 Å². The van der Waals surface area contributed by atoms with Gasteiger partial charge in [0.2, 0.25) is 5.91 Å². The fraction of sp³-hybridized carbons (Fsp3) is 0.529. The van der Waals surface area contributed by atoms with Gasteiger partial charge in [-0.15, -0.1) is 0 Å². The molecule has 23 heavy (non-hydrogen) atoms. The van der Waals surface area contributed by atoms with Crippen LogP contribution >= 0.6 is 0 Å². The average molecular weight is 313 g/mol. The number of H-pyrrole nitrogens is 1. The van der Waals surface area contributed by atoms with Crippen LogP contribution < -0.4 is 0 Å². The van der Waals surface area contributed by atoms with Crippen molar-refractivity contribution in [3.05, 3.63) is 30.5 Å². The molecule has 6 nitrogen and oxygen atoms in total. The van der Waals surface area contributed by atoms with E-state index in [9.17, 15) is 4.79 Å². The average Bonchev–Trinajstić information content (AvgIpc) is 3.17. The van der Waals surface area contributed by atoms with Crippen LogP contribution in [0.2, 0.25) is 0 Å². The lowest BCUT2D eigenvalue weighted by Gasteiger charge is -2.25. The highest BCUT2D eigenvalue weighted by Crippen LogP contribution is 2.26. The maximum Gasteiger partial charge on any atom is 0.227 e. The van der Waals surface area contributed by atoms with Crippen molar-refractivity contribution in [1.82, 2.24) is 25.1 Å². The maximum absolute atomic E-state index is 12.4. The van der Waals surface area contributed by atoms with Crippen LogP contribution in [0.4, 0.5) is 0 Å². The van der Waals surface area contributed by atoms with E-state index >= 15 is 0 Å². The van der Waals surface area contributed by atoms with E-state index in [4.69, 9.17) is 0 Å². The van der Waals surface area contributed by atoms with Gasteiger partial charge in [0.1, 0.15) is 0 Å². The summed E-state index contributed by atoms with van der Waals surface area (Å²) in [6, 6.07) is 0. The summed E-state index contributed by atoms with van der Waals surface area (Å²) in [6.07, 6.45) is 9.00. The van der Waals surface area contributed by atoms with Gasteiger partial charge in [0, 0.05) is 36.5 Å². The molecule has 1 fully saturated rings. The molecule has 0 radical (unpaired) electrons. The van der Waals surface area contributed by atoms with E-state index in [-0.39, 0.29) is 11.3 Å². The number of likely N-dealkylation sites (tertiary alicyclic amines) is 1. The van der Waals surface area contributed by atoms with Crippen LogP contribution in [-0.2, 0) is 11.2 Å². The highest BCUT2D eigenvalue weighted by atomic mass is 16.2. The van der Waals surface area contributed by atoms with Gasteiger partial charge in [-0.2, -0.15) is 5.10 Å². The summed E-state index contributed by atoms with van der Waals surface area (Å²) in [5.41, 5.74) is 2.43. The Morgan fingerprint density at radius 1 is 1.35 bits per heavy atom. The lowest BCUT2D eigenvalue weighted by molar-refractivity contribution is -0.138. The summed E-state index contributed by atoms with van der Waals surface area (Å²) >= 11 is 0. The molecule has 2 aromatic heterocycles. The number of aromatic nitrogens is 4. The second-order valence-electron chi connectivity index (χ2n) is 7.24. The molecule has 1 aliphatic rings. The van der Waals surface area contributed by atoms with Crippen molar-refractivity contribution in [3.8, 4) is 11.3 Å². The first-order valence-electron chi connectivity index (χ1n) is 8.03. The third kappa shape index (κ3) is 3.57. The van der Waals surface area contributed by atoms with Crippen molar-refractivity contribution >= 4 is 5.91 Å². The maximum atomic E-state index is 12.4. The molecule has 1 N–H and O–H groups in total. The van der Waals surface area contributed by atoms with Crippen molar-refractivity contribution in [2.45, 2.75) is 33.6 Å². The molecule has 2 aromatic rings.